The second-order valence-electron chi connectivity index (χ2n) is 4.90. The summed E-state index contributed by atoms with van der Waals surface area (Å²) in [5.41, 5.74) is 2.65. The van der Waals surface area contributed by atoms with Crippen LogP contribution in [0.3, 0.4) is 0 Å². The van der Waals surface area contributed by atoms with Crippen molar-refractivity contribution in [1.29, 1.82) is 0 Å². The lowest BCUT2D eigenvalue weighted by atomic mass is 10.1. The molecule has 0 radical (unpaired) electrons. The van der Waals surface area contributed by atoms with Gasteiger partial charge in [-0.3, -0.25) is 0 Å². The van der Waals surface area contributed by atoms with Gasteiger partial charge in [0.2, 0.25) is 5.88 Å². The van der Waals surface area contributed by atoms with Gasteiger partial charge in [-0.15, -0.1) is 0 Å². The molecular weight excluding hydrogens is 266 g/mol. The Morgan fingerprint density at radius 2 is 1.90 bits per heavy atom. The Balaban J connectivity index is 2.28. The van der Waals surface area contributed by atoms with Gasteiger partial charge in [0.1, 0.15) is 5.75 Å². The number of aliphatic hydroxyl groups excluding tert-OH is 2. The summed E-state index contributed by atoms with van der Waals surface area (Å²) < 4.78 is 5.86. The molecule has 0 unspecified atom stereocenters. The quantitative estimate of drug-likeness (QED) is 0.822. The number of aryl methyl sites for hydroxylation is 1. The lowest BCUT2D eigenvalue weighted by Crippen LogP contribution is -1.99. The summed E-state index contributed by atoms with van der Waals surface area (Å²) in [6.07, 6.45) is 2.38. The molecule has 0 amide bonds. The maximum absolute atomic E-state index is 9.34. The van der Waals surface area contributed by atoms with Crippen LogP contribution in [0, 0.1) is 0 Å². The third kappa shape index (κ3) is 4.28. The summed E-state index contributed by atoms with van der Waals surface area (Å²) in [5.74, 6) is 1.17. The molecule has 0 aliphatic rings. The molecule has 0 saturated carbocycles. The Hall–Kier alpha value is -1.91. The number of aromatic nitrogens is 1. The molecule has 0 spiro atoms. The van der Waals surface area contributed by atoms with E-state index in [9.17, 15) is 5.11 Å². The molecule has 0 bridgehead atoms. The molecule has 0 aliphatic heterocycles. The van der Waals surface area contributed by atoms with Crippen LogP contribution in [0.2, 0.25) is 0 Å². The minimum absolute atomic E-state index is 0.0338. The van der Waals surface area contributed by atoms with Gasteiger partial charge in [-0.2, -0.15) is 0 Å². The molecule has 2 rings (SSSR count). The highest BCUT2D eigenvalue weighted by molar-refractivity contribution is 5.37. The third-order valence-corrected chi connectivity index (χ3v) is 3.17. The first-order chi connectivity index (χ1) is 10.3. The third-order valence-electron chi connectivity index (χ3n) is 3.17. The van der Waals surface area contributed by atoms with Crippen molar-refractivity contribution in [2.75, 3.05) is 6.61 Å². The summed E-state index contributed by atoms with van der Waals surface area (Å²) in [7, 11) is 0. The number of benzene rings is 1. The lowest BCUT2D eigenvalue weighted by molar-refractivity contribution is 0.280. The first-order valence-electron chi connectivity index (χ1n) is 7.24. The van der Waals surface area contributed by atoms with Gasteiger partial charge in [0, 0.05) is 18.4 Å². The summed E-state index contributed by atoms with van der Waals surface area (Å²) in [6, 6.07) is 11.2. The first-order valence-corrected chi connectivity index (χ1v) is 7.24. The monoisotopic (exact) mass is 287 g/mol. The SMILES string of the molecule is CCCc1cc(CO)cc(Oc2ccccc2CCO)n1. The van der Waals surface area contributed by atoms with Crippen molar-refractivity contribution in [3.8, 4) is 11.6 Å². The maximum atomic E-state index is 9.34. The number of aliphatic hydroxyl groups is 2. The molecular formula is C17H21NO3. The fourth-order valence-electron chi connectivity index (χ4n) is 2.19. The Bertz CT molecular complexity index is 584. The fourth-order valence-corrected chi connectivity index (χ4v) is 2.19. The normalized spacial score (nSPS) is 10.6. The highest BCUT2D eigenvalue weighted by Crippen LogP contribution is 2.25. The van der Waals surface area contributed by atoms with Crippen LogP contribution in [-0.2, 0) is 19.4 Å². The van der Waals surface area contributed by atoms with Crippen molar-refractivity contribution in [2.45, 2.75) is 32.8 Å². The van der Waals surface area contributed by atoms with Gasteiger partial charge in [-0.25, -0.2) is 4.98 Å². The molecule has 1 aromatic carbocycles. The van der Waals surface area contributed by atoms with E-state index in [0.29, 0.717) is 18.1 Å². The zero-order valence-corrected chi connectivity index (χ0v) is 12.2. The minimum Gasteiger partial charge on any atom is -0.439 e. The van der Waals surface area contributed by atoms with Gasteiger partial charge >= 0.3 is 0 Å². The van der Waals surface area contributed by atoms with Crippen molar-refractivity contribution in [3.63, 3.8) is 0 Å². The van der Waals surface area contributed by atoms with Crippen LogP contribution in [0.5, 0.6) is 11.6 Å². The molecule has 0 atom stereocenters. The molecule has 4 nitrogen and oxygen atoms in total. The van der Waals surface area contributed by atoms with Gasteiger partial charge in [-0.1, -0.05) is 31.5 Å². The van der Waals surface area contributed by atoms with E-state index >= 15 is 0 Å². The Labute approximate surface area is 125 Å². The Morgan fingerprint density at radius 1 is 1.10 bits per heavy atom. The summed E-state index contributed by atoms with van der Waals surface area (Å²) in [4.78, 5) is 4.47. The number of hydrogen-bond donors (Lipinski definition) is 2. The van der Waals surface area contributed by atoms with E-state index in [1.807, 2.05) is 30.3 Å². The number of rotatable bonds is 7. The van der Waals surface area contributed by atoms with Crippen LogP contribution in [-0.4, -0.2) is 21.8 Å². The highest BCUT2D eigenvalue weighted by Gasteiger charge is 2.07. The first kappa shape index (κ1) is 15.5. The molecule has 1 heterocycles. The van der Waals surface area contributed by atoms with E-state index in [-0.39, 0.29) is 13.2 Å². The van der Waals surface area contributed by atoms with Crippen LogP contribution in [0.25, 0.3) is 0 Å². The Morgan fingerprint density at radius 3 is 2.62 bits per heavy atom. The minimum atomic E-state index is -0.0338. The predicted molar refractivity (Wildman–Crippen MR) is 81.5 cm³/mol. The van der Waals surface area contributed by atoms with Crippen LogP contribution in [0.15, 0.2) is 36.4 Å². The van der Waals surface area contributed by atoms with Gasteiger partial charge in [-0.05, 0) is 36.1 Å². The standard InChI is InChI=1S/C17H21NO3/c1-2-5-15-10-13(12-20)11-17(18-15)21-16-7-4-3-6-14(16)8-9-19/h3-4,6-7,10-11,19-20H,2,5,8-9,12H2,1H3. The molecule has 0 fully saturated rings. The molecule has 0 saturated heterocycles. The highest BCUT2D eigenvalue weighted by atomic mass is 16.5. The van der Waals surface area contributed by atoms with Crippen molar-refractivity contribution in [1.82, 2.24) is 4.98 Å². The average Bonchev–Trinajstić information content (AvgIpc) is 2.49. The van der Waals surface area contributed by atoms with Crippen LogP contribution in [0.4, 0.5) is 0 Å². The molecule has 2 N–H and O–H groups in total. The van der Waals surface area contributed by atoms with Crippen molar-refractivity contribution >= 4 is 0 Å². The summed E-state index contributed by atoms with van der Waals surface area (Å²) in [5, 5.41) is 18.4. The van der Waals surface area contributed by atoms with E-state index in [1.165, 1.54) is 0 Å². The zero-order chi connectivity index (χ0) is 15.1. The van der Waals surface area contributed by atoms with Gasteiger partial charge in [0.05, 0.1) is 6.61 Å². The summed E-state index contributed by atoms with van der Waals surface area (Å²) in [6.45, 7) is 2.13. The number of ether oxygens (including phenoxy) is 1. The lowest BCUT2D eigenvalue weighted by Gasteiger charge is -2.11. The van der Waals surface area contributed by atoms with E-state index in [0.717, 1.165) is 29.7 Å². The second kappa shape index (κ2) is 7.76. The topological polar surface area (TPSA) is 62.6 Å². The fraction of sp³-hybridized carbons (Fsp3) is 0.353. The number of pyridine rings is 1. The van der Waals surface area contributed by atoms with E-state index in [4.69, 9.17) is 9.84 Å². The molecule has 4 heteroatoms. The van der Waals surface area contributed by atoms with Gasteiger partial charge in [0.15, 0.2) is 0 Å². The largest absolute Gasteiger partial charge is 0.439 e. The molecule has 21 heavy (non-hydrogen) atoms. The average molecular weight is 287 g/mol. The zero-order valence-electron chi connectivity index (χ0n) is 12.2. The number of hydrogen-bond acceptors (Lipinski definition) is 4. The van der Waals surface area contributed by atoms with Crippen molar-refractivity contribution in [2.24, 2.45) is 0 Å². The van der Waals surface area contributed by atoms with E-state index < -0.39 is 0 Å². The predicted octanol–water partition coefficient (Wildman–Crippen LogP) is 2.85. The van der Waals surface area contributed by atoms with E-state index in [2.05, 4.69) is 11.9 Å². The van der Waals surface area contributed by atoms with Crippen LogP contribution < -0.4 is 4.74 Å². The van der Waals surface area contributed by atoms with Crippen molar-refractivity contribution in [3.05, 3.63) is 53.2 Å². The van der Waals surface area contributed by atoms with Crippen molar-refractivity contribution < 1.29 is 14.9 Å². The maximum Gasteiger partial charge on any atom is 0.219 e. The molecule has 1 aromatic heterocycles. The molecule has 0 aliphatic carbocycles. The van der Waals surface area contributed by atoms with Crippen LogP contribution >= 0.6 is 0 Å². The number of nitrogens with zero attached hydrogens (tertiary/aromatic N) is 1. The second-order valence-corrected chi connectivity index (χ2v) is 4.90. The molecule has 112 valence electrons. The Kier molecular flexibility index (Phi) is 5.72. The van der Waals surface area contributed by atoms with Gasteiger partial charge < -0.3 is 14.9 Å². The number of para-hydroxylation sites is 1. The molecule has 2 aromatic rings. The van der Waals surface area contributed by atoms with Crippen LogP contribution in [0.1, 0.15) is 30.2 Å². The van der Waals surface area contributed by atoms with Gasteiger partial charge in [0.25, 0.3) is 0 Å². The van der Waals surface area contributed by atoms with E-state index in [1.54, 1.807) is 6.07 Å². The smallest absolute Gasteiger partial charge is 0.219 e. The summed E-state index contributed by atoms with van der Waals surface area (Å²) >= 11 is 0.